The van der Waals surface area contributed by atoms with Crippen molar-refractivity contribution in [3.63, 3.8) is 0 Å². The number of benzene rings is 1. The number of aromatic nitrogens is 1. The van der Waals surface area contributed by atoms with Crippen molar-refractivity contribution in [3.8, 4) is 0 Å². The number of hydrogen-bond donors (Lipinski definition) is 2. The maximum atomic E-state index is 6.23. The Morgan fingerprint density at radius 3 is 2.74 bits per heavy atom. The number of thiazole rings is 1. The molecule has 0 spiro atoms. The predicted molar refractivity (Wildman–Crippen MR) is 110 cm³/mol. The maximum Gasteiger partial charge on any atom is 0.191 e. The van der Waals surface area contributed by atoms with E-state index in [1.165, 1.54) is 0 Å². The zero-order chi connectivity index (χ0) is 15.9. The fraction of sp³-hybridized carbons (Fsp3) is 0.375. The molecule has 0 aliphatic heterocycles. The molecule has 2 N–H and O–H groups in total. The summed E-state index contributed by atoms with van der Waals surface area (Å²) in [6.45, 7) is 4.83. The molecule has 126 valence electrons. The molecule has 0 saturated carbocycles. The van der Waals surface area contributed by atoms with Crippen LogP contribution in [0.2, 0.25) is 5.02 Å². The molecule has 1 atom stereocenters. The van der Waals surface area contributed by atoms with Gasteiger partial charge in [0.25, 0.3) is 0 Å². The van der Waals surface area contributed by atoms with Crippen LogP contribution in [-0.4, -0.2) is 18.0 Å². The fourth-order valence-electron chi connectivity index (χ4n) is 2.07. The molecule has 1 aromatic heterocycles. The highest BCUT2D eigenvalue weighted by Crippen LogP contribution is 2.21. The van der Waals surface area contributed by atoms with Gasteiger partial charge < -0.3 is 10.6 Å². The van der Waals surface area contributed by atoms with Crippen molar-refractivity contribution < 1.29 is 0 Å². The molecule has 0 fully saturated rings. The number of nitrogens with zero attached hydrogens (tertiary/aromatic N) is 2. The summed E-state index contributed by atoms with van der Waals surface area (Å²) in [5.74, 6) is 0.735. The van der Waals surface area contributed by atoms with Crippen LogP contribution in [0.25, 0.3) is 0 Å². The minimum atomic E-state index is 0. The molecule has 23 heavy (non-hydrogen) atoms. The lowest BCUT2D eigenvalue weighted by molar-refractivity contribution is 0.683. The molecule has 0 aliphatic rings. The number of hydrogen-bond acceptors (Lipinski definition) is 3. The topological polar surface area (TPSA) is 49.3 Å². The summed E-state index contributed by atoms with van der Waals surface area (Å²) in [5.41, 5.74) is 2.09. The number of rotatable bonds is 5. The first-order valence-corrected chi connectivity index (χ1v) is 8.54. The maximum absolute atomic E-state index is 6.23. The summed E-state index contributed by atoms with van der Waals surface area (Å²) in [6, 6.07) is 7.89. The Hall–Kier alpha value is -0.860. The van der Waals surface area contributed by atoms with Gasteiger partial charge in [0.1, 0.15) is 0 Å². The summed E-state index contributed by atoms with van der Waals surface area (Å²) in [4.78, 5) is 8.79. The standard InChI is InChI=1S/C16H21ClN4S.HI/c1-4-15-21-12(10-22-15)9-19-16(18-3)20-11(2)13-7-5-6-8-14(13)17;/h5-8,10-11H,4,9H2,1-3H3,(H2,18,19,20);1H. The molecular weight excluding hydrogens is 443 g/mol. The summed E-state index contributed by atoms with van der Waals surface area (Å²) in [7, 11) is 1.76. The van der Waals surface area contributed by atoms with Gasteiger partial charge in [-0.2, -0.15) is 0 Å². The lowest BCUT2D eigenvalue weighted by Gasteiger charge is -2.18. The van der Waals surface area contributed by atoms with E-state index >= 15 is 0 Å². The van der Waals surface area contributed by atoms with Gasteiger partial charge in [0, 0.05) is 17.5 Å². The van der Waals surface area contributed by atoms with Crippen molar-refractivity contribution in [2.75, 3.05) is 7.05 Å². The average molecular weight is 465 g/mol. The van der Waals surface area contributed by atoms with Gasteiger partial charge in [-0.3, -0.25) is 4.99 Å². The number of nitrogens with one attached hydrogen (secondary N) is 2. The van der Waals surface area contributed by atoms with E-state index in [4.69, 9.17) is 11.6 Å². The number of guanidine groups is 1. The van der Waals surface area contributed by atoms with E-state index in [9.17, 15) is 0 Å². The highest BCUT2D eigenvalue weighted by molar-refractivity contribution is 14.0. The normalized spacial score (nSPS) is 12.4. The van der Waals surface area contributed by atoms with E-state index in [0.29, 0.717) is 6.54 Å². The molecule has 0 aliphatic carbocycles. The summed E-state index contributed by atoms with van der Waals surface area (Å²) in [5, 5.41) is 10.6. The Morgan fingerprint density at radius 2 is 2.13 bits per heavy atom. The highest BCUT2D eigenvalue weighted by atomic mass is 127. The first kappa shape index (κ1) is 20.2. The van der Waals surface area contributed by atoms with Crippen LogP contribution in [0.1, 0.15) is 36.2 Å². The van der Waals surface area contributed by atoms with Crippen molar-refractivity contribution >= 4 is 52.9 Å². The Bertz CT molecular complexity index is 645. The average Bonchev–Trinajstić information content (AvgIpc) is 2.99. The van der Waals surface area contributed by atoms with Crippen molar-refractivity contribution in [2.45, 2.75) is 32.9 Å². The SMILES string of the molecule is CCc1nc(CNC(=NC)NC(C)c2ccccc2Cl)cs1.I. The van der Waals surface area contributed by atoms with Gasteiger partial charge in [-0.15, -0.1) is 35.3 Å². The van der Waals surface area contributed by atoms with E-state index in [0.717, 1.165) is 33.7 Å². The van der Waals surface area contributed by atoms with E-state index in [-0.39, 0.29) is 30.0 Å². The summed E-state index contributed by atoms with van der Waals surface area (Å²) in [6.07, 6.45) is 0.973. The van der Waals surface area contributed by atoms with Crippen molar-refractivity contribution in [1.82, 2.24) is 15.6 Å². The Kier molecular flexibility index (Phi) is 8.86. The second kappa shape index (κ2) is 10.1. The Balaban J connectivity index is 0.00000264. The van der Waals surface area contributed by atoms with Crippen molar-refractivity contribution in [1.29, 1.82) is 0 Å². The van der Waals surface area contributed by atoms with Gasteiger partial charge >= 0.3 is 0 Å². The summed E-state index contributed by atoms with van der Waals surface area (Å²) < 4.78 is 0. The molecule has 0 radical (unpaired) electrons. The number of aliphatic imine (C=N–C) groups is 1. The van der Waals surface area contributed by atoms with Crippen LogP contribution in [0, 0.1) is 0 Å². The van der Waals surface area contributed by atoms with Crippen LogP contribution in [-0.2, 0) is 13.0 Å². The largest absolute Gasteiger partial charge is 0.351 e. The molecule has 2 rings (SSSR count). The quantitative estimate of drug-likeness (QED) is 0.392. The van der Waals surface area contributed by atoms with Gasteiger partial charge in [-0.05, 0) is 25.0 Å². The zero-order valence-electron chi connectivity index (χ0n) is 13.5. The minimum absolute atomic E-state index is 0. The molecule has 7 heteroatoms. The van der Waals surface area contributed by atoms with Gasteiger partial charge in [0.15, 0.2) is 5.96 Å². The van der Waals surface area contributed by atoms with Crippen LogP contribution in [0.15, 0.2) is 34.6 Å². The van der Waals surface area contributed by atoms with Crippen LogP contribution >= 0.6 is 46.9 Å². The van der Waals surface area contributed by atoms with Crippen LogP contribution in [0.5, 0.6) is 0 Å². The third kappa shape index (κ3) is 5.93. The van der Waals surface area contributed by atoms with Crippen LogP contribution in [0.3, 0.4) is 0 Å². The van der Waals surface area contributed by atoms with Crippen molar-refractivity contribution in [2.24, 2.45) is 4.99 Å². The summed E-state index contributed by atoms with van der Waals surface area (Å²) >= 11 is 7.92. The lowest BCUT2D eigenvalue weighted by Crippen LogP contribution is -2.38. The first-order chi connectivity index (χ1) is 10.6. The molecule has 4 nitrogen and oxygen atoms in total. The predicted octanol–water partition coefficient (Wildman–Crippen LogP) is 4.40. The van der Waals surface area contributed by atoms with E-state index in [1.807, 2.05) is 24.3 Å². The van der Waals surface area contributed by atoms with E-state index in [1.54, 1.807) is 18.4 Å². The molecule has 1 unspecified atom stereocenters. The molecular formula is C16H22ClIN4S. The Labute approximate surface area is 163 Å². The molecule has 0 saturated heterocycles. The van der Waals surface area contributed by atoms with Crippen LogP contribution in [0.4, 0.5) is 0 Å². The van der Waals surface area contributed by atoms with Gasteiger partial charge in [0.2, 0.25) is 0 Å². The molecule has 2 aromatic rings. The third-order valence-electron chi connectivity index (χ3n) is 3.29. The van der Waals surface area contributed by atoms with Gasteiger partial charge in [0.05, 0.1) is 23.3 Å². The molecule has 1 aromatic carbocycles. The third-order valence-corrected chi connectivity index (χ3v) is 4.67. The lowest BCUT2D eigenvalue weighted by atomic mass is 10.1. The number of aryl methyl sites for hydroxylation is 1. The van der Waals surface area contributed by atoms with Crippen LogP contribution < -0.4 is 10.6 Å². The highest BCUT2D eigenvalue weighted by Gasteiger charge is 2.11. The monoisotopic (exact) mass is 464 g/mol. The Morgan fingerprint density at radius 1 is 1.39 bits per heavy atom. The second-order valence-corrected chi connectivity index (χ2v) is 6.25. The van der Waals surface area contributed by atoms with Gasteiger partial charge in [-0.25, -0.2) is 4.98 Å². The smallest absolute Gasteiger partial charge is 0.191 e. The minimum Gasteiger partial charge on any atom is -0.351 e. The fourth-order valence-corrected chi connectivity index (χ4v) is 3.11. The molecule has 1 heterocycles. The van der Waals surface area contributed by atoms with Gasteiger partial charge in [-0.1, -0.05) is 36.7 Å². The first-order valence-electron chi connectivity index (χ1n) is 7.29. The second-order valence-electron chi connectivity index (χ2n) is 4.90. The zero-order valence-corrected chi connectivity index (χ0v) is 17.4. The van der Waals surface area contributed by atoms with E-state index in [2.05, 4.69) is 39.8 Å². The van der Waals surface area contributed by atoms with Crippen molar-refractivity contribution in [3.05, 3.63) is 50.9 Å². The van der Waals surface area contributed by atoms with E-state index < -0.39 is 0 Å². The molecule has 0 amide bonds. The molecule has 0 bridgehead atoms. The number of halogens is 2.